The minimum Gasteiger partial charge on any atom is -0.481 e. The number of carboxylic acid groups (broad SMARTS) is 1. The first-order valence-corrected chi connectivity index (χ1v) is 5.27. The Bertz CT molecular complexity index is 237. The van der Waals surface area contributed by atoms with Crippen molar-refractivity contribution < 1.29 is 24.2 Å². The molecular weight excluding hydrogens is 212 g/mol. The summed E-state index contributed by atoms with van der Waals surface area (Å²) < 4.78 is 9.97. The van der Waals surface area contributed by atoms with Crippen LogP contribution in [0.5, 0.6) is 0 Å². The molecule has 0 spiro atoms. The zero-order valence-corrected chi connectivity index (χ0v) is 9.48. The highest BCUT2D eigenvalue weighted by molar-refractivity contribution is 5.71. The Morgan fingerprint density at radius 2 is 2.12 bits per heavy atom. The molecule has 0 rings (SSSR count). The molecule has 92 valence electrons. The van der Waals surface area contributed by atoms with Gasteiger partial charge in [-0.2, -0.15) is 0 Å². The van der Waals surface area contributed by atoms with Crippen LogP contribution in [0.25, 0.3) is 0 Å². The lowest BCUT2D eigenvalue weighted by molar-refractivity contribution is -0.170. The van der Waals surface area contributed by atoms with Crippen molar-refractivity contribution >= 4 is 11.9 Å². The summed E-state index contributed by atoms with van der Waals surface area (Å²) in [7, 11) is 0. The summed E-state index contributed by atoms with van der Waals surface area (Å²) in [5.74, 6) is -1.36. The molecule has 0 heterocycles. The van der Waals surface area contributed by atoms with Crippen LogP contribution in [0.15, 0.2) is 12.8 Å². The second-order valence-electron chi connectivity index (χ2n) is 3.26. The molecule has 0 amide bonds. The number of rotatable bonds is 9. The highest BCUT2D eigenvalue weighted by Gasteiger charge is 2.13. The van der Waals surface area contributed by atoms with Crippen molar-refractivity contribution in [1.82, 2.24) is 0 Å². The topological polar surface area (TPSA) is 72.8 Å². The van der Waals surface area contributed by atoms with Gasteiger partial charge >= 0.3 is 11.9 Å². The van der Waals surface area contributed by atoms with E-state index in [1.807, 2.05) is 6.92 Å². The Morgan fingerprint density at radius 3 is 2.62 bits per heavy atom. The van der Waals surface area contributed by atoms with Crippen LogP contribution in [0.4, 0.5) is 0 Å². The third-order valence-electron chi connectivity index (χ3n) is 1.81. The van der Waals surface area contributed by atoms with E-state index in [-0.39, 0.29) is 19.3 Å². The first kappa shape index (κ1) is 14.5. The van der Waals surface area contributed by atoms with Gasteiger partial charge in [-0.05, 0) is 12.8 Å². The van der Waals surface area contributed by atoms with Crippen molar-refractivity contribution in [2.75, 3.05) is 0 Å². The SMILES string of the molecule is C=COC(CCC)OC(=O)CCCC(=O)O. The first-order valence-electron chi connectivity index (χ1n) is 5.27. The average molecular weight is 230 g/mol. The number of hydrogen-bond acceptors (Lipinski definition) is 4. The molecule has 1 unspecified atom stereocenters. The van der Waals surface area contributed by atoms with Gasteiger partial charge in [-0.25, -0.2) is 0 Å². The molecule has 1 atom stereocenters. The van der Waals surface area contributed by atoms with E-state index in [0.717, 1.165) is 6.42 Å². The molecular formula is C11H18O5. The van der Waals surface area contributed by atoms with Crippen LogP contribution in [0, 0.1) is 0 Å². The van der Waals surface area contributed by atoms with Crippen molar-refractivity contribution in [1.29, 1.82) is 0 Å². The van der Waals surface area contributed by atoms with E-state index in [0.29, 0.717) is 6.42 Å². The number of hydrogen-bond donors (Lipinski definition) is 1. The zero-order valence-electron chi connectivity index (χ0n) is 9.48. The third kappa shape index (κ3) is 7.84. The summed E-state index contributed by atoms with van der Waals surface area (Å²) in [4.78, 5) is 21.5. The van der Waals surface area contributed by atoms with Gasteiger partial charge in [0.25, 0.3) is 0 Å². The van der Waals surface area contributed by atoms with E-state index in [4.69, 9.17) is 14.6 Å². The number of aliphatic carboxylic acids is 1. The van der Waals surface area contributed by atoms with Crippen LogP contribution >= 0.6 is 0 Å². The highest BCUT2D eigenvalue weighted by Crippen LogP contribution is 2.07. The molecule has 0 aromatic rings. The normalized spacial score (nSPS) is 11.6. The van der Waals surface area contributed by atoms with E-state index in [9.17, 15) is 9.59 Å². The second-order valence-corrected chi connectivity index (χ2v) is 3.26. The van der Waals surface area contributed by atoms with Crippen LogP contribution in [0.1, 0.15) is 39.0 Å². The van der Waals surface area contributed by atoms with E-state index in [2.05, 4.69) is 6.58 Å². The number of carboxylic acids is 1. The Labute approximate surface area is 95.0 Å². The van der Waals surface area contributed by atoms with Gasteiger partial charge in [-0.1, -0.05) is 13.5 Å². The van der Waals surface area contributed by atoms with Gasteiger partial charge in [0.05, 0.1) is 6.26 Å². The predicted molar refractivity (Wildman–Crippen MR) is 57.6 cm³/mol. The molecule has 0 aromatic carbocycles. The molecule has 0 aliphatic rings. The number of carbonyl (C=O) groups excluding carboxylic acids is 1. The van der Waals surface area contributed by atoms with Gasteiger partial charge in [0, 0.05) is 19.3 Å². The lowest BCUT2D eigenvalue weighted by Gasteiger charge is -2.16. The molecule has 5 nitrogen and oxygen atoms in total. The van der Waals surface area contributed by atoms with Crippen LogP contribution < -0.4 is 0 Å². The van der Waals surface area contributed by atoms with Crippen LogP contribution in [-0.4, -0.2) is 23.3 Å². The van der Waals surface area contributed by atoms with Crippen molar-refractivity contribution in [3.8, 4) is 0 Å². The minimum atomic E-state index is -0.916. The van der Waals surface area contributed by atoms with Crippen molar-refractivity contribution in [2.45, 2.75) is 45.3 Å². The zero-order chi connectivity index (χ0) is 12.4. The van der Waals surface area contributed by atoms with E-state index >= 15 is 0 Å². The molecule has 0 aromatic heterocycles. The lowest BCUT2D eigenvalue weighted by atomic mass is 10.2. The first-order chi connectivity index (χ1) is 7.60. The largest absolute Gasteiger partial charge is 0.481 e. The molecule has 0 aliphatic carbocycles. The number of carbonyl (C=O) groups is 2. The van der Waals surface area contributed by atoms with Crippen molar-refractivity contribution in [2.24, 2.45) is 0 Å². The minimum absolute atomic E-state index is 0.0319. The van der Waals surface area contributed by atoms with Gasteiger partial charge < -0.3 is 14.6 Å². The molecule has 5 heteroatoms. The molecule has 0 bridgehead atoms. The fourth-order valence-corrected chi connectivity index (χ4v) is 1.09. The van der Waals surface area contributed by atoms with Gasteiger partial charge in [-0.15, -0.1) is 0 Å². The summed E-state index contributed by atoms with van der Waals surface area (Å²) in [5.41, 5.74) is 0. The van der Waals surface area contributed by atoms with Crippen LogP contribution in [-0.2, 0) is 19.1 Å². The summed E-state index contributed by atoms with van der Waals surface area (Å²) in [5, 5.41) is 8.39. The fourth-order valence-electron chi connectivity index (χ4n) is 1.09. The Morgan fingerprint density at radius 1 is 1.44 bits per heavy atom. The standard InChI is InChI=1S/C11H18O5/c1-3-6-11(15-4-2)16-10(14)8-5-7-9(12)13/h4,11H,2-3,5-8H2,1H3,(H,12,13). The maximum absolute atomic E-state index is 11.3. The summed E-state index contributed by atoms with van der Waals surface area (Å²) in [6.07, 6.45) is 2.37. The van der Waals surface area contributed by atoms with Crippen molar-refractivity contribution in [3.05, 3.63) is 12.8 Å². The summed E-state index contributed by atoms with van der Waals surface area (Å²) in [6.45, 7) is 5.33. The smallest absolute Gasteiger partial charge is 0.308 e. The Kier molecular flexibility index (Phi) is 7.93. The van der Waals surface area contributed by atoms with Gasteiger partial charge in [0.2, 0.25) is 6.29 Å². The number of esters is 1. The van der Waals surface area contributed by atoms with Gasteiger partial charge in [-0.3, -0.25) is 9.59 Å². The molecule has 1 N–H and O–H groups in total. The lowest BCUT2D eigenvalue weighted by Crippen LogP contribution is -2.19. The van der Waals surface area contributed by atoms with Crippen LogP contribution in [0.3, 0.4) is 0 Å². The van der Waals surface area contributed by atoms with Crippen LogP contribution in [0.2, 0.25) is 0 Å². The monoisotopic (exact) mass is 230 g/mol. The molecule has 0 aliphatic heterocycles. The predicted octanol–water partition coefficient (Wildman–Crippen LogP) is 2.07. The molecule has 0 saturated heterocycles. The maximum atomic E-state index is 11.3. The maximum Gasteiger partial charge on any atom is 0.308 e. The molecule has 0 fully saturated rings. The van der Waals surface area contributed by atoms with E-state index in [1.54, 1.807) is 0 Å². The highest BCUT2D eigenvalue weighted by atomic mass is 16.7. The summed E-state index contributed by atoms with van der Waals surface area (Å²) >= 11 is 0. The summed E-state index contributed by atoms with van der Waals surface area (Å²) in [6, 6.07) is 0. The third-order valence-corrected chi connectivity index (χ3v) is 1.81. The molecule has 0 radical (unpaired) electrons. The van der Waals surface area contributed by atoms with Gasteiger partial charge in [0.1, 0.15) is 0 Å². The van der Waals surface area contributed by atoms with E-state index in [1.165, 1.54) is 6.26 Å². The second kappa shape index (κ2) is 8.76. The molecule has 16 heavy (non-hydrogen) atoms. The average Bonchev–Trinajstić information content (AvgIpc) is 2.17. The van der Waals surface area contributed by atoms with Gasteiger partial charge in [0.15, 0.2) is 0 Å². The Balaban J connectivity index is 3.80. The quantitative estimate of drug-likeness (QED) is 0.373. The molecule has 0 saturated carbocycles. The fraction of sp³-hybridized carbons (Fsp3) is 0.636. The number of ether oxygens (including phenoxy) is 2. The van der Waals surface area contributed by atoms with E-state index < -0.39 is 18.2 Å². The van der Waals surface area contributed by atoms with Crippen molar-refractivity contribution in [3.63, 3.8) is 0 Å². The Hall–Kier alpha value is -1.52.